The Hall–Kier alpha value is -2.80. The van der Waals surface area contributed by atoms with Gasteiger partial charge in [0.05, 0.1) is 0 Å². The molecule has 0 amide bonds. The van der Waals surface area contributed by atoms with Crippen molar-refractivity contribution in [3.8, 4) is 0 Å². The molecular weight excluding hydrogens is 278 g/mol. The lowest BCUT2D eigenvalue weighted by atomic mass is 10.1. The van der Waals surface area contributed by atoms with Gasteiger partial charge in [0, 0.05) is 11.4 Å². The van der Waals surface area contributed by atoms with Crippen molar-refractivity contribution >= 4 is 23.5 Å². The van der Waals surface area contributed by atoms with E-state index in [0.29, 0.717) is 0 Å². The van der Waals surface area contributed by atoms with Crippen molar-refractivity contribution in [1.29, 1.82) is 0 Å². The quantitative estimate of drug-likeness (QED) is 0.564. The van der Waals surface area contributed by atoms with Crippen molar-refractivity contribution in [2.75, 3.05) is 5.32 Å². The van der Waals surface area contributed by atoms with Gasteiger partial charge in [-0.3, -0.25) is 0 Å². The molecule has 3 aromatic rings. The monoisotopic (exact) mass is 299 g/mol. The van der Waals surface area contributed by atoms with E-state index in [1.54, 1.807) is 0 Å². The third-order valence-electron chi connectivity index (χ3n) is 3.93. The van der Waals surface area contributed by atoms with E-state index in [4.69, 9.17) is 0 Å². The van der Waals surface area contributed by atoms with E-state index >= 15 is 0 Å². The highest BCUT2D eigenvalue weighted by Crippen LogP contribution is 2.24. The number of anilines is 2. The van der Waals surface area contributed by atoms with Crippen LogP contribution in [0.25, 0.3) is 12.2 Å². The van der Waals surface area contributed by atoms with Crippen LogP contribution in [0.2, 0.25) is 0 Å². The van der Waals surface area contributed by atoms with E-state index < -0.39 is 0 Å². The standard InChI is InChI=1S/C22H21N/c1-17-7-6-8-18(2)22(17)23-21-15-13-20(14-16-21)12-11-19-9-4-3-5-10-19/h3-16,23H,1-2H3. The second-order valence-electron chi connectivity index (χ2n) is 5.76. The lowest BCUT2D eigenvalue weighted by Gasteiger charge is -2.12. The van der Waals surface area contributed by atoms with Gasteiger partial charge >= 0.3 is 0 Å². The molecule has 0 heterocycles. The second-order valence-corrected chi connectivity index (χ2v) is 5.76. The van der Waals surface area contributed by atoms with Gasteiger partial charge in [0.2, 0.25) is 0 Å². The minimum atomic E-state index is 1.11. The van der Waals surface area contributed by atoms with E-state index in [9.17, 15) is 0 Å². The number of nitrogens with one attached hydrogen (secondary N) is 1. The Morgan fingerprint density at radius 3 is 1.78 bits per heavy atom. The van der Waals surface area contributed by atoms with E-state index in [2.05, 4.69) is 98.0 Å². The molecule has 1 N–H and O–H groups in total. The summed E-state index contributed by atoms with van der Waals surface area (Å²) in [5.74, 6) is 0. The Labute approximate surface area is 138 Å². The van der Waals surface area contributed by atoms with E-state index in [1.165, 1.54) is 27.9 Å². The molecule has 0 spiro atoms. The van der Waals surface area contributed by atoms with E-state index in [1.807, 2.05) is 6.07 Å². The molecule has 0 radical (unpaired) electrons. The number of para-hydroxylation sites is 1. The van der Waals surface area contributed by atoms with Gasteiger partial charge in [-0.25, -0.2) is 0 Å². The molecule has 0 saturated heterocycles. The van der Waals surface area contributed by atoms with Crippen molar-refractivity contribution in [3.63, 3.8) is 0 Å². The molecule has 0 fully saturated rings. The number of hydrogen-bond acceptors (Lipinski definition) is 1. The Morgan fingerprint density at radius 1 is 0.609 bits per heavy atom. The first-order chi connectivity index (χ1) is 11.2. The van der Waals surface area contributed by atoms with Gasteiger partial charge < -0.3 is 5.32 Å². The number of rotatable bonds is 4. The highest BCUT2D eigenvalue weighted by Gasteiger charge is 2.02. The second kappa shape index (κ2) is 6.97. The molecule has 23 heavy (non-hydrogen) atoms. The van der Waals surface area contributed by atoms with Crippen molar-refractivity contribution in [3.05, 3.63) is 95.1 Å². The summed E-state index contributed by atoms with van der Waals surface area (Å²) in [4.78, 5) is 0. The van der Waals surface area contributed by atoms with Crippen molar-refractivity contribution in [2.45, 2.75) is 13.8 Å². The Bertz CT molecular complexity index is 779. The van der Waals surface area contributed by atoms with Crippen molar-refractivity contribution in [2.24, 2.45) is 0 Å². The molecule has 0 saturated carbocycles. The Balaban J connectivity index is 1.74. The molecule has 3 rings (SSSR count). The smallest absolute Gasteiger partial charge is 0.0443 e. The fourth-order valence-electron chi connectivity index (χ4n) is 2.59. The minimum absolute atomic E-state index is 1.11. The van der Waals surface area contributed by atoms with Crippen LogP contribution in [0.15, 0.2) is 72.8 Å². The van der Waals surface area contributed by atoms with Crippen LogP contribution in [0, 0.1) is 13.8 Å². The predicted molar refractivity (Wildman–Crippen MR) is 101 cm³/mol. The molecule has 1 heteroatoms. The lowest BCUT2D eigenvalue weighted by Crippen LogP contribution is -1.95. The summed E-state index contributed by atoms with van der Waals surface area (Å²) >= 11 is 0. The zero-order valence-corrected chi connectivity index (χ0v) is 13.6. The Morgan fingerprint density at radius 2 is 1.17 bits per heavy atom. The molecule has 0 aromatic heterocycles. The summed E-state index contributed by atoms with van der Waals surface area (Å²) in [6.45, 7) is 4.26. The van der Waals surface area contributed by atoms with Crippen LogP contribution in [0.4, 0.5) is 11.4 Å². The van der Waals surface area contributed by atoms with Crippen LogP contribution < -0.4 is 5.32 Å². The van der Waals surface area contributed by atoms with Gasteiger partial charge in [-0.1, -0.05) is 72.8 Å². The first-order valence-electron chi connectivity index (χ1n) is 7.89. The normalized spacial score (nSPS) is 10.9. The number of benzene rings is 3. The highest BCUT2D eigenvalue weighted by atomic mass is 14.9. The van der Waals surface area contributed by atoms with Crippen molar-refractivity contribution in [1.82, 2.24) is 0 Å². The summed E-state index contributed by atoms with van der Waals surface area (Å²) in [6.07, 6.45) is 4.27. The average molecular weight is 299 g/mol. The minimum Gasteiger partial charge on any atom is -0.355 e. The SMILES string of the molecule is Cc1cccc(C)c1Nc1ccc(C=Cc2ccccc2)cc1. The topological polar surface area (TPSA) is 12.0 Å². The summed E-state index contributed by atoms with van der Waals surface area (Å²) < 4.78 is 0. The third-order valence-corrected chi connectivity index (χ3v) is 3.93. The zero-order chi connectivity index (χ0) is 16.1. The average Bonchev–Trinajstić information content (AvgIpc) is 2.58. The summed E-state index contributed by atoms with van der Waals surface area (Å²) in [5, 5.41) is 3.52. The van der Waals surface area contributed by atoms with Gasteiger partial charge in [0.25, 0.3) is 0 Å². The molecule has 0 aliphatic heterocycles. The van der Waals surface area contributed by atoms with Crippen LogP contribution in [-0.4, -0.2) is 0 Å². The lowest BCUT2D eigenvalue weighted by molar-refractivity contribution is 1.36. The van der Waals surface area contributed by atoms with Crippen LogP contribution in [0.3, 0.4) is 0 Å². The van der Waals surface area contributed by atoms with Gasteiger partial charge in [0.1, 0.15) is 0 Å². The first kappa shape index (κ1) is 15.1. The molecule has 0 aliphatic carbocycles. The zero-order valence-electron chi connectivity index (χ0n) is 13.6. The molecule has 0 aliphatic rings. The molecule has 114 valence electrons. The van der Waals surface area contributed by atoms with Gasteiger partial charge in [-0.15, -0.1) is 0 Å². The first-order valence-corrected chi connectivity index (χ1v) is 7.89. The summed E-state index contributed by atoms with van der Waals surface area (Å²) in [7, 11) is 0. The van der Waals surface area contributed by atoms with Crippen LogP contribution in [0.1, 0.15) is 22.3 Å². The van der Waals surface area contributed by atoms with Gasteiger partial charge in [-0.05, 0) is 48.2 Å². The number of hydrogen-bond donors (Lipinski definition) is 1. The van der Waals surface area contributed by atoms with Crippen LogP contribution >= 0.6 is 0 Å². The molecule has 0 atom stereocenters. The summed E-state index contributed by atoms with van der Waals surface area (Å²) in [5.41, 5.74) is 7.24. The predicted octanol–water partition coefficient (Wildman–Crippen LogP) is 6.22. The largest absolute Gasteiger partial charge is 0.355 e. The Kier molecular flexibility index (Phi) is 4.58. The number of aryl methyl sites for hydroxylation is 2. The van der Waals surface area contributed by atoms with Gasteiger partial charge in [-0.2, -0.15) is 0 Å². The third kappa shape index (κ3) is 3.89. The summed E-state index contributed by atoms with van der Waals surface area (Å²) in [6, 6.07) is 25.2. The van der Waals surface area contributed by atoms with Crippen molar-refractivity contribution < 1.29 is 0 Å². The van der Waals surface area contributed by atoms with Crippen LogP contribution in [-0.2, 0) is 0 Å². The molecule has 0 bridgehead atoms. The molecule has 1 nitrogen and oxygen atoms in total. The van der Waals surface area contributed by atoms with E-state index in [0.717, 1.165) is 5.69 Å². The highest BCUT2D eigenvalue weighted by molar-refractivity contribution is 5.72. The molecular formula is C22H21N. The maximum Gasteiger partial charge on any atom is 0.0443 e. The van der Waals surface area contributed by atoms with Gasteiger partial charge in [0.15, 0.2) is 0 Å². The van der Waals surface area contributed by atoms with E-state index in [-0.39, 0.29) is 0 Å². The molecule has 3 aromatic carbocycles. The fourth-order valence-corrected chi connectivity index (χ4v) is 2.59. The fraction of sp³-hybridized carbons (Fsp3) is 0.0909. The maximum absolute atomic E-state index is 3.52. The van der Waals surface area contributed by atoms with Crippen LogP contribution in [0.5, 0.6) is 0 Å². The maximum atomic E-state index is 3.52. The molecule has 0 unspecified atom stereocenters.